The molecule has 0 saturated carbocycles. The second-order valence-corrected chi connectivity index (χ2v) is 10.6. The number of anilines is 5. The fraction of sp³-hybridized carbons (Fsp3) is 0.276. The lowest BCUT2D eigenvalue weighted by atomic mass is 9.93. The third kappa shape index (κ3) is 6.68. The van der Waals surface area contributed by atoms with Crippen molar-refractivity contribution in [3.63, 3.8) is 0 Å². The molecule has 0 spiro atoms. The number of aromatic nitrogens is 3. The van der Waals surface area contributed by atoms with Crippen molar-refractivity contribution in [2.24, 2.45) is 0 Å². The first-order chi connectivity index (χ1) is 19.7. The number of morpholine rings is 1. The van der Waals surface area contributed by atoms with Gasteiger partial charge >= 0.3 is 0 Å². The molecule has 1 aliphatic heterocycles. The van der Waals surface area contributed by atoms with Crippen LogP contribution in [0.3, 0.4) is 0 Å². The average molecular weight is 556 g/mol. The van der Waals surface area contributed by atoms with Crippen LogP contribution in [-0.4, -0.2) is 58.1 Å². The highest BCUT2D eigenvalue weighted by Crippen LogP contribution is 2.28. The van der Waals surface area contributed by atoms with Crippen LogP contribution in [0.5, 0.6) is 0 Å². The summed E-state index contributed by atoms with van der Waals surface area (Å²) in [7, 11) is 0. The van der Waals surface area contributed by atoms with Crippen LogP contribution in [0.1, 0.15) is 48.0 Å². The highest BCUT2D eigenvalue weighted by atomic mass is 16.5. The van der Waals surface area contributed by atoms with Crippen LogP contribution in [0.15, 0.2) is 65.4 Å². The first kappa shape index (κ1) is 27.7. The summed E-state index contributed by atoms with van der Waals surface area (Å²) in [4.78, 5) is 21.1. The zero-order chi connectivity index (χ0) is 29.0. The lowest BCUT2D eigenvalue weighted by molar-refractivity contribution is 0.0126. The standard InChI is InChI=1S/C29H33N9O3/c1-29(2,3)22-16-23(37-41-22)34-20-8-10-21(11-9-20)35-27-24(26(31)32-17-33-27)25(30)18-4-6-19(7-5-18)28(39)36-38-12-14-40-15-13-38/h4-11,16-17,30H,12-15H2,1-3H3,(H,34,37)(H,36,39)(H3,31,32,33,35). The Balaban J connectivity index is 1.27. The van der Waals surface area contributed by atoms with E-state index >= 15 is 0 Å². The third-order valence-corrected chi connectivity index (χ3v) is 6.50. The molecule has 2 aromatic heterocycles. The van der Waals surface area contributed by atoms with E-state index in [9.17, 15) is 4.79 Å². The number of nitrogen functional groups attached to an aromatic ring is 1. The van der Waals surface area contributed by atoms with E-state index in [4.69, 9.17) is 20.4 Å². The van der Waals surface area contributed by atoms with Gasteiger partial charge in [-0.3, -0.25) is 15.6 Å². The van der Waals surface area contributed by atoms with Gasteiger partial charge in [0, 0.05) is 47.1 Å². The number of nitrogens with one attached hydrogen (secondary N) is 4. The van der Waals surface area contributed by atoms with E-state index in [0.29, 0.717) is 54.6 Å². The summed E-state index contributed by atoms with van der Waals surface area (Å²) in [5, 5.41) is 21.3. The van der Waals surface area contributed by atoms with Crippen molar-refractivity contribution in [3.05, 3.63) is 83.4 Å². The molecule has 41 heavy (non-hydrogen) atoms. The minimum Gasteiger partial charge on any atom is -0.383 e. The number of hydrazine groups is 1. The van der Waals surface area contributed by atoms with Gasteiger partial charge in [0.05, 0.1) is 24.5 Å². The Bertz CT molecular complexity index is 1520. The van der Waals surface area contributed by atoms with Gasteiger partial charge in [0.15, 0.2) is 5.82 Å². The summed E-state index contributed by atoms with van der Waals surface area (Å²) in [5.74, 6) is 1.76. The van der Waals surface area contributed by atoms with Crippen molar-refractivity contribution in [1.82, 2.24) is 25.6 Å². The van der Waals surface area contributed by atoms with E-state index in [0.717, 1.165) is 17.1 Å². The average Bonchev–Trinajstić information content (AvgIpc) is 3.44. The fourth-order valence-corrected chi connectivity index (χ4v) is 4.17. The van der Waals surface area contributed by atoms with Crippen LogP contribution in [0.2, 0.25) is 0 Å². The highest BCUT2D eigenvalue weighted by molar-refractivity contribution is 6.16. The Morgan fingerprint density at radius 1 is 0.951 bits per heavy atom. The predicted molar refractivity (Wildman–Crippen MR) is 157 cm³/mol. The molecule has 0 aliphatic carbocycles. The third-order valence-electron chi connectivity index (χ3n) is 6.50. The summed E-state index contributed by atoms with van der Waals surface area (Å²) in [5.41, 5.74) is 12.1. The van der Waals surface area contributed by atoms with Crippen molar-refractivity contribution in [2.45, 2.75) is 26.2 Å². The van der Waals surface area contributed by atoms with E-state index in [-0.39, 0.29) is 22.9 Å². The molecular formula is C29H33N9O3. The van der Waals surface area contributed by atoms with Crippen LogP contribution in [0.4, 0.5) is 28.8 Å². The quantitative estimate of drug-likeness (QED) is 0.199. The lowest BCUT2D eigenvalue weighted by Crippen LogP contribution is -2.48. The largest absolute Gasteiger partial charge is 0.383 e. The number of amides is 1. The Morgan fingerprint density at radius 2 is 1.59 bits per heavy atom. The van der Waals surface area contributed by atoms with E-state index in [2.05, 4.69) is 52.0 Å². The zero-order valence-corrected chi connectivity index (χ0v) is 23.2. The second-order valence-electron chi connectivity index (χ2n) is 10.6. The highest BCUT2D eigenvalue weighted by Gasteiger charge is 2.20. The molecular weight excluding hydrogens is 522 g/mol. The van der Waals surface area contributed by atoms with Crippen LogP contribution >= 0.6 is 0 Å². The van der Waals surface area contributed by atoms with Crippen LogP contribution in [0.25, 0.3) is 0 Å². The zero-order valence-electron chi connectivity index (χ0n) is 23.2. The monoisotopic (exact) mass is 555 g/mol. The van der Waals surface area contributed by atoms with E-state index in [1.807, 2.05) is 35.3 Å². The summed E-state index contributed by atoms with van der Waals surface area (Å²) < 4.78 is 10.8. The Hall–Kier alpha value is -4.81. The summed E-state index contributed by atoms with van der Waals surface area (Å²) in [6.07, 6.45) is 1.35. The molecule has 212 valence electrons. The van der Waals surface area contributed by atoms with Crippen molar-refractivity contribution < 1.29 is 14.1 Å². The van der Waals surface area contributed by atoms with Crippen molar-refractivity contribution in [1.29, 1.82) is 5.41 Å². The van der Waals surface area contributed by atoms with Gasteiger partial charge in [-0.25, -0.2) is 15.0 Å². The molecule has 12 heteroatoms. The molecule has 0 bridgehead atoms. The first-order valence-electron chi connectivity index (χ1n) is 13.2. The molecule has 0 atom stereocenters. The Kier molecular flexibility index (Phi) is 7.95. The SMILES string of the molecule is CC(C)(C)c1cc(Nc2ccc(Nc3ncnc(N)c3C(=N)c3ccc(C(=O)NN4CCOCC4)cc3)cc2)no1. The minimum atomic E-state index is -0.217. The maximum Gasteiger partial charge on any atom is 0.265 e. The predicted octanol–water partition coefficient (Wildman–Crippen LogP) is 4.22. The molecule has 3 heterocycles. The molecule has 2 aromatic carbocycles. The topological polar surface area (TPSA) is 167 Å². The number of hydrogen-bond acceptors (Lipinski definition) is 11. The number of nitrogens with two attached hydrogens (primary N) is 1. The minimum absolute atomic E-state index is 0.129. The summed E-state index contributed by atoms with van der Waals surface area (Å²) in [6, 6.07) is 16.2. The Morgan fingerprint density at radius 3 is 2.22 bits per heavy atom. The molecule has 1 fully saturated rings. The number of rotatable bonds is 8. The van der Waals surface area contributed by atoms with Crippen molar-refractivity contribution in [3.8, 4) is 0 Å². The molecule has 1 saturated heterocycles. The molecule has 0 unspecified atom stereocenters. The maximum atomic E-state index is 12.6. The van der Waals surface area contributed by atoms with E-state index in [1.54, 1.807) is 24.3 Å². The van der Waals surface area contributed by atoms with Gasteiger partial charge in [-0.1, -0.05) is 38.1 Å². The molecule has 12 nitrogen and oxygen atoms in total. The van der Waals surface area contributed by atoms with Crippen molar-refractivity contribution in [2.75, 3.05) is 42.7 Å². The fourth-order valence-electron chi connectivity index (χ4n) is 4.17. The normalized spacial score (nSPS) is 13.9. The number of nitrogens with zero attached hydrogens (tertiary/aromatic N) is 4. The molecule has 6 N–H and O–H groups in total. The van der Waals surface area contributed by atoms with Gasteiger partial charge in [-0.15, -0.1) is 0 Å². The van der Waals surface area contributed by atoms with Gasteiger partial charge in [-0.05, 0) is 36.4 Å². The van der Waals surface area contributed by atoms with Gasteiger partial charge in [0.25, 0.3) is 5.91 Å². The molecule has 4 aromatic rings. The van der Waals surface area contributed by atoms with Crippen molar-refractivity contribution >= 4 is 40.4 Å². The number of ether oxygens (including phenoxy) is 1. The number of hydrogen-bond donors (Lipinski definition) is 5. The molecule has 1 amide bonds. The van der Waals surface area contributed by atoms with E-state index in [1.165, 1.54) is 6.33 Å². The number of carbonyl (C=O) groups excluding carboxylic acids is 1. The second kappa shape index (κ2) is 11.7. The van der Waals surface area contributed by atoms with E-state index < -0.39 is 0 Å². The van der Waals surface area contributed by atoms with Crippen LogP contribution in [0, 0.1) is 5.41 Å². The van der Waals surface area contributed by atoms with Crippen LogP contribution in [-0.2, 0) is 10.2 Å². The number of carbonyl (C=O) groups is 1. The first-order valence-corrected chi connectivity index (χ1v) is 13.2. The van der Waals surface area contributed by atoms with Gasteiger partial charge < -0.3 is 25.6 Å². The summed E-state index contributed by atoms with van der Waals surface area (Å²) >= 11 is 0. The molecule has 5 rings (SSSR count). The van der Waals surface area contributed by atoms with Gasteiger partial charge in [-0.2, -0.15) is 0 Å². The van der Waals surface area contributed by atoms with Gasteiger partial charge in [0.2, 0.25) is 0 Å². The lowest BCUT2D eigenvalue weighted by Gasteiger charge is -2.26. The number of benzene rings is 2. The smallest absolute Gasteiger partial charge is 0.265 e. The van der Waals surface area contributed by atoms with Crippen LogP contribution < -0.4 is 21.8 Å². The maximum absolute atomic E-state index is 12.6. The van der Waals surface area contributed by atoms with Gasteiger partial charge in [0.1, 0.15) is 23.7 Å². The molecule has 0 radical (unpaired) electrons. The molecule has 1 aliphatic rings. The Labute approximate surface area is 237 Å². The summed E-state index contributed by atoms with van der Waals surface area (Å²) in [6.45, 7) is 8.62.